The van der Waals surface area contributed by atoms with Gasteiger partial charge in [0.15, 0.2) is 5.79 Å². The maximum absolute atomic E-state index is 10.6. The van der Waals surface area contributed by atoms with Crippen LogP contribution in [0, 0.1) is 0 Å². The van der Waals surface area contributed by atoms with E-state index < -0.39 is 24.2 Å². The van der Waals surface area contributed by atoms with Gasteiger partial charge in [0, 0.05) is 0 Å². The Morgan fingerprint density at radius 1 is 1.53 bits per heavy atom. The van der Waals surface area contributed by atoms with Crippen LogP contribution < -0.4 is 0 Å². The van der Waals surface area contributed by atoms with Gasteiger partial charge in [0.05, 0.1) is 6.61 Å². The van der Waals surface area contributed by atoms with Crippen molar-refractivity contribution < 1.29 is 33.6 Å². The van der Waals surface area contributed by atoms with Crippen LogP contribution in [0.25, 0.3) is 0 Å². The third kappa shape index (κ3) is 4.13. The number of carbonyl (C=O) groups is 2. The fourth-order valence-electron chi connectivity index (χ4n) is 1.11. The molecule has 0 aromatic heterocycles. The molecule has 0 aliphatic carbocycles. The molecule has 1 aliphatic rings. The number of rotatable bonds is 2. The molecule has 1 saturated heterocycles. The molecule has 0 saturated carbocycles. The lowest BCUT2D eigenvalue weighted by atomic mass is 10.4. The highest BCUT2D eigenvalue weighted by Crippen LogP contribution is 2.22. The van der Waals surface area contributed by atoms with Crippen LogP contribution >= 0.6 is 0 Å². The van der Waals surface area contributed by atoms with E-state index in [0.29, 0.717) is 0 Å². The molecule has 86 valence electrons. The predicted molar refractivity (Wildman–Crippen MR) is 45.4 cm³/mol. The summed E-state index contributed by atoms with van der Waals surface area (Å²) in [5.41, 5.74) is 0. The van der Waals surface area contributed by atoms with Crippen LogP contribution in [0.15, 0.2) is 0 Å². The quantitative estimate of drug-likeness (QED) is 0.547. The summed E-state index contributed by atoms with van der Waals surface area (Å²) in [6, 6.07) is 0. The first-order valence-corrected chi connectivity index (χ1v) is 4.28. The lowest BCUT2D eigenvalue weighted by molar-refractivity contribution is -0.143. The SMILES string of the molecule is CC1(C)OCC(COC(=O)OC(=O)O)O1. The molecule has 1 rings (SSSR count). The van der Waals surface area contributed by atoms with Gasteiger partial charge in [-0.05, 0) is 13.8 Å². The normalized spacial score (nSPS) is 23.5. The Kier molecular flexibility index (Phi) is 3.48. The molecule has 1 aliphatic heterocycles. The number of ether oxygens (including phenoxy) is 4. The van der Waals surface area contributed by atoms with Gasteiger partial charge in [-0.15, -0.1) is 0 Å². The van der Waals surface area contributed by atoms with Crippen LogP contribution in [0.2, 0.25) is 0 Å². The predicted octanol–water partition coefficient (Wildman–Crippen LogP) is 0.969. The third-order valence-electron chi connectivity index (χ3n) is 1.63. The van der Waals surface area contributed by atoms with Crippen LogP contribution in [0.5, 0.6) is 0 Å². The molecular formula is C8H12O7. The first-order chi connectivity index (χ1) is 6.89. The molecule has 0 amide bonds. The molecule has 0 aromatic rings. The van der Waals surface area contributed by atoms with Gasteiger partial charge in [0.25, 0.3) is 0 Å². The Hall–Kier alpha value is -1.34. The monoisotopic (exact) mass is 220 g/mol. The zero-order chi connectivity index (χ0) is 11.5. The minimum atomic E-state index is -1.70. The highest BCUT2D eigenvalue weighted by atomic mass is 16.8. The fraction of sp³-hybridized carbons (Fsp3) is 0.750. The van der Waals surface area contributed by atoms with E-state index in [4.69, 9.17) is 14.6 Å². The van der Waals surface area contributed by atoms with Crippen molar-refractivity contribution in [1.82, 2.24) is 0 Å². The first kappa shape index (κ1) is 11.7. The van der Waals surface area contributed by atoms with Crippen molar-refractivity contribution in [3.05, 3.63) is 0 Å². The van der Waals surface area contributed by atoms with Crippen molar-refractivity contribution in [2.45, 2.75) is 25.7 Å². The van der Waals surface area contributed by atoms with Gasteiger partial charge in [0.2, 0.25) is 0 Å². The highest BCUT2D eigenvalue weighted by Gasteiger charge is 2.33. The van der Waals surface area contributed by atoms with Gasteiger partial charge < -0.3 is 24.1 Å². The smallest absolute Gasteiger partial charge is 0.449 e. The minimum absolute atomic E-state index is 0.102. The second kappa shape index (κ2) is 4.45. The van der Waals surface area contributed by atoms with E-state index in [1.165, 1.54) is 0 Å². The van der Waals surface area contributed by atoms with Crippen LogP contribution in [0.3, 0.4) is 0 Å². The molecule has 0 bridgehead atoms. The maximum atomic E-state index is 10.6. The van der Waals surface area contributed by atoms with Crippen molar-refractivity contribution >= 4 is 12.3 Å². The summed E-state index contributed by atoms with van der Waals surface area (Å²) >= 11 is 0. The summed E-state index contributed by atoms with van der Waals surface area (Å²) in [5.74, 6) is -0.704. The molecule has 7 nitrogen and oxygen atoms in total. The first-order valence-electron chi connectivity index (χ1n) is 4.28. The highest BCUT2D eigenvalue weighted by molar-refractivity contribution is 5.75. The summed E-state index contributed by atoms with van der Waals surface area (Å²) in [4.78, 5) is 20.6. The number of hydrogen-bond acceptors (Lipinski definition) is 6. The van der Waals surface area contributed by atoms with Crippen LogP contribution in [0.4, 0.5) is 9.59 Å². The number of carbonyl (C=O) groups excluding carboxylic acids is 1. The Bertz CT molecular complexity index is 260. The molecule has 7 heteroatoms. The van der Waals surface area contributed by atoms with E-state index in [-0.39, 0.29) is 13.2 Å². The fourth-order valence-corrected chi connectivity index (χ4v) is 1.11. The van der Waals surface area contributed by atoms with Crippen LogP contribution in [-0.4, -0.2) is 42.5 Å². The van der Waals surface area contributed by atoms with Crippen molar-refractivity contribution in [1.29, 1.82) is 0 Å². The molecule has 1 fully saturated rings. The largest absolute Gasteiger partial charge is 0.518 e. The molecule has 0 aromatic carbocycles. The summed E-state index contributed by atoms with van der Waals surface area (Å²) in [7, 11) is 0. The van der Waals surface area contributed by atoms with E-state index in [9.17, 15) is 9.59 Å². The molecule has 1 atom stereocenters. The Morgan fingerprint density at radius 3 is 2.67 bits per heavy atom. The average Bonchev–Trinajstić information content (AvgIpc) is 2.41. The van der Waals surface area contributed by atoms with E-state index in [2.05, 4.69) is 9.47 Å². The molecule has 0 spiro atoms. The molecule has 15 heavy (non-hydrogen) atoms. The summed E-state index contributed by atoms with van der Waals surface area (Å²) in [6.45, 7) is 3.63. The molecule has 1 N–H and O–H groups in total. The number of carboxylic acid groups (broad SMARTS) is 1. The average molecular weight is 220 g/mol. The molecular weight excluding hydrogens is 208 g/mol. The van der Waals surface area contributed by atoms with Gasteiger partial charge in [-0.1, -0.05) is 0 Å². The zero-order valence-electron chi connectivity index (χ0n) is 8.39. The third-order valence-corrected chi connectivity index (χ3v) is 1.63. The summed E-state index contributed by atoms with van der Waals surface area (Å²) in [6.07, 6.45) is -3.37. The Balaban J connectivity index is 2.21. The van der Waals surface area contributed by atoms with Gasteiger partial charge >= 0.3 is 12.3 Å². The van der Waals surface area contributed by atoms with E-state index in [0.717, 1.165) is 0 Å². The van der Waals surface area contributed by atoms with Crippen molar-refractivity contribution in [3.63, 3.8) is 0 Å². The van der Waals surface area contributed by atoms with Crippen LogP contribution in [0.1, 0.15) is 13.8 Å². The second-order valence-electron chi connectivity index (χ2n) is 3.38. The maximum Gasteiger partial charge on any atom is 0.518 e. The lowest BCUT2D eigenvalue weighted by Gasteiger charge is -2.16. The standard InChI is InChI=1S/C8H12O7/c1-8(2)13-4-5(15-8)3-12-7(11)14-6(9)10/h5H,3-4H2,1-2H3,(H,9,10). The van der Waals surface area contributed by atoms with Crippen molar-refractivity contribution in [2.24, 2.45) is 0 Å². The lowest BCUT2D eigenvalue weighted by Crippen LogP contribution is -2.25. The van der Waals surface area contributed by atoms with E-state index >= 15 is 0 Å². The van der Waals surface area contributed by atoms with Gasteiger partial charge in [-0.25, -0.2) is 9.59 Å². The molecule has 0 radical (unpaired) electrons. The van der Waals surface area contributed by atoms with Crippen LogP contribution in [-0.2, 0) is 18.9 Å². The van der Waals surface area contributed by atoms with Crippen molar-refractivity contribution in [3.8, 4) is 0 Å². The molecule has 1 heterocycles. The molecule has 1 unspecified atom stereocenters. The second-order valence-corrected chi connectivity index (χ2v) is 3.38. The van der Waals surface area contributed by atoms with Gasteiger partial charge in [-0.3, -0.25) is 0 Å². The summed E-state index contributed by atoms with van der Waals surface area (Å²) < 4.78 is 18.7. The van der Waals surface area contributed by atoms with Crippen molar-refractivity contribution in [2.75, 3.05) is 13.2 Å². The van der Waals surface area contributed by atoms with Gasteiger partial charge in [-0.2, -0.15) is 0 Å². The van der Waals surface area contributed by atoms with Gasteiger partial charge in [0.1, 0.15) is 12.7 Å². The van der Waals surface area contributed by atoms with E-state index in [1.807, 2.05) is 0 Å². The Morgan fingerprint density at radius 2 is 2.20 bits per heavy atom. The minimum Gasteiger partial charge on any atom is -0.449 e. The van der Waals surface area contributed by atoms with E-state index in [1.54, 1.807) is 13.8 Å². The zero-order valence-corrected chi connectivity index (χ0v) is 8.39. The Labute approximate surface area is 85.9 Å². The summed E-state index contributed by atoms with van der Waals surface area (Å²) in [5, 5.41) is 8.08. The number of hydrogen-bond donors (Lipinski definition) is 1. The topological polar surface area (TPSA) is 91.3 Å².